The summed E-state index contributed by atoms with van der Waals surface area (Å²) >= 11 is 0. The van der Waals surface area contributed by atoms with Gasteiger partial charge in [0, 0.05) is 6.04 Å². The van der Waals surface area contributed by atoms with Crippen molar-refractivity contribution in [3.05, 3.63) is 42.0 Å². The Morgan fingerprint density at radius 1 is 1.15 bits per heavy atom. The minimum Gasteiger partial charge on any atom is -0.483 e. The smallest absolute Gasteiger partial charge is 0.321 e. The van der Waals surface area contributed by atoms with Gasteiger partial charge in [-0.2, -0.15) is 0 Å². The molecular formula is C21H24N2O4. The van der Waals surface area contributed by atoms with E-state index in [-0.39, 0.29) is 12.6 Å². The summed E-state index contributed by atoms with van der Waals surface area (Å²) in [6.07, 6.45) is 4.99. The average Bonchev–Trinajstić information content (AvgIpc) is 2.67. The number of imide groups is 1. The molecular weight excluding hydrogens is 344 g/mol. The first kappa shape index (κ1) is 18.9. The summed E-state index contributed by atoms with van der Waals surface area (Å²) in [4.78, 5) is 35.5. The van der Waals surface area contributed by atoms with Crippen LogP contribution in [0.2, 0.25) is 0 Å². The predicted molar refractivity (Wildman–Crippen MR) is 103 cm³/mol. The zero-order valence-corrected chi connectivity index (χ0v) is 15.4. The molecule has 2 aromatic rings. The summed E-state index contributed by atoms with van der Waals surface area (Å²) in [6.45, 7) is 1.77. The number of rotatable bonds is 5. The topological polar surface area (TPSA) is 84.5 Å². The van der Waals surface area contributed by atoms with Crippen molar-refractivity contribution in [3.8, 4) is 5.75 Å². The van der Waals surface area contributed by atoms with E-state index in [1.54, 1.807) is 6.07 Å². The third-order valence-electron chi connectivity index (χ3n) is 5.09. The molecule has 1 saturated carbocycles. The monoisotopic (exact) mass is 368 g/mol. The molecule has 3 rings (SSSR count). The van der Waals surface area contributed by atoms with Crippen molar-refractivity contribution in [2.75, 3.05) is 6.61 Å². The molecule has 0 aromatic heterocycles. The summed E-state index contributed by atoms with van der Waals surface area (Å²) in [5, 5.41) is 6.83. The average molecular weight is 368 g/mol. The van der Waals surface area contributed by atoms with Crippen LogP contribution in [0.25, 0.3) is 10.8 Å². The highest BCUT2D eigenvalue weighted by molar-refractivity contribution is 6.01. The highest BCUT2D eigenvalue weighted by Gasteiger charge is 2.23. The molecule has 0 bridgehead atoms. The van der Waals surface area contributed by atoms with Crippen LogP contribution >= 0.6 is 0 Å². The third-order valence-corrected chi connectivity index (χ3v) is 5.09. The van der Waals surface area contributed by atoms with Gasteiger partial charge in [0.2, 0.25) is 0 Å². The van der Waals surface area contributed by atoms with E-state index in [1.807, 2.05) is 30.3 Å². The number of nitrogens with one attached hydrogen (secondary N) is 2. The Morgan fingerprint density at radius 3 is 2.70 bits per heavy atom. The largest absolute Gasteiger partial charge is 0.483 e. The van der Waals surface area contributed by atoms with Crippen LogP contribution in [0.5, 0.6) is 5.75 Å². The fourth-order valence-corrected chi connectivity index (χ4v) is 3.56. The molecule has 3 amide bonds. The summed E-state index contributed by atoms with van der Waals surface area (Å²) < 4.78 is 5.49. The Hall–Kier alpha value is -2.89. The molecule has 0 unspecified atom stereocenters. The number of hydrogen-bond acceptors (Lipinski definition) is 4. The normalized spacial score (nSPS) is 19.3. The first-order chi connectivity index (χ1) is 13.1. The molecule has 2 aromatic carbocycles. The van der Waals surface area contributed by atoms with Gasteiger partial charge in [-0.05, 0) is 35.6 Å². The number of carbonyl (C=O) groups excluding carboxylic acids is 3. The molecule has 0 heterocycles. The molecule has 1 aliphatic carbocycles. The molecule has 2 atom stereocenters. The van der Waals surface area contributed by atoms with E-state index >= 15 is 0 Å². The van der Waals surface area contributed by atoms with Gasteiger partial charge < -0.3 is 10.1 Å². The van der Waals surface area contributed by atoms with E-state index < -0.39 is 11.9 Å². The highest BCUT2D eigenvalue weighted by Crippen LogP contribution is 2.26. The van der Waals surface area contributed by atoms with Gasteiger partial charge in [0.25, 0.3) is 5.91 Å². The molecule has 6 heteroatoms. The number of benzene rings is 2. The Bertz CT molecular complexity index is 849. The first-order valence-corrected chi connectivity index (χ1v) is 9.28. The number of fused-ring (bicyclic) bond motifs is 1. The molecule has 1 aliphatic rings. The number of amides is 3. The Balaban J connectivity index is 1.56. The fraction of sp³-hybridized carbons (Fsp3) is 0.381. The zero-order chi connectivity index (χ0) is 19.2. The van der Waals surface area contributed by atoms with Gasteiger partial charge in [0.15, 0.2) is 12.9 Å². The van der Waals surface area contributed by atoms with Crippen LogP contribution < -0.4 is 15.4 Å². The van der Waals surface area contributed by atoms with Crippen LogP contribution in [-0.4, -0.2) is 30.9 Å². The molecule has 142 valence electrons. The molecule has 27 heavy (non-hydrogen) atoms. The van der Waals surface area contributed by atoms with Crippen molar-refractivity contribution in [1.82, 2.24) is 10.6 Å². The molecule has 2 N–H and O–H groups in total. The van der Waals surface area contributed by atoms with E-state index in [9.17, 15) is 14.4 Å². The van der Waals surface area contributed by atoms with E-state index in [0.29, 0.717) is 23.5 Å². The highest BCUT2D eigenvalue weighted by atomic mass is 16.5. The second kappa shape index (κ2) is 8.66. The summed E-state index contributed by atoms with van der Waals surface area (Å²) in [5.41, 5.74) is 0.390. The number of urea groups is 1. The number of ether oxygens (including phenoxy) is 1. The standard InChI is InChI=1S/C21H24N2O4/c1-14-6-2-5-9-18(14)22-21(26)23-20(25)13-27-19-11-10-15-7-3-4-8-16(15)17(19)12-24/h3-4,7-8,10-12,14,18H,2,5-6,9,13H2,1H3,(H2,22,23,25,26)/t14-,18-/m0/s1. The number of hydrogen-bond donors (Lipinski definition) is 2. The van der Waals surface area contributed by atoms with Crippen molar-refractivity contribution in [2.24, 2.45) is 5.92 Å². The van der Waals surface area contributed by atoms with Gasteiger partial charge in [-0.3, -0.25) is 14.9 Å². The molecule has 0 radical (unpaired) electrons. The maximum atomic E-state index is 12.0. The van der Waals surface area contributed by atoms with Gasteiger partial charge in [-0.25, -0.2) is 4.79 Å². The molecule has 0 saturated heterocycles. The molecule has 6 nitrogen and oxygen atoms in total. The third kappa shape index (κ3) is 4.64. The minimum atomic E-state index is -0.555. The van der Waals surface area contributed by atoms with Crippen molar-refractivity contribution >= 4 is 29.0 Å². The number of carbonyl (C=O) groups is 3. The van der Waals surface area contributed by atoms with Crippen molar-refractivity contribution in [2.45, 2.75) is 38.6 Å². The second-order valence-electron chi connectivity index (χ2n) is 6.99. The SMILES string of the molecule is C[C@H]1CCCC[C@@H]1NC(=O)NC(=O)COc1ccc2ccccc2c1C=O. The van der Waals surface area contributed by atoms with Gasteiger partial charge in [-0.15, -0.1) is 0 Å². The van der Waals surface area contributed by atoms with E-state index in [1.165, 1.54) is 6.42 Å². The van der Waals surface area contributed by atoms with Crippen LogP contribution in [0, 0.1) is 5.92 Å². The first-order valence-electron chi connectivity index (χ1n) is 9.28. The zero-order valence-electron chi connectivity index (χ0n) is 15.4. The lowest BCUT2D eigenvalue weighted by molar-refractivity contribution is -0.122. The van der Waals surface area contributed by atoms with Crippen LogP contribution in [0.4, 0.5) is 4.79 Å². The van der Waals surface area contributed by atoms with Crippen LogP contribution in [0.1, 0.15) is 43.0 Å². The number of aldehydes is 1. The van der Waals surface area contributed by atoms with Crippen LogP contribution in [0.3, 0.4) is 0 Å². The van der Waals surface area contributed by atoms with Gasteiger partial charge >= 0.3 is 6.03 Å². The molecule has 0 spiro atoms. The maximum Gasteiger partial charge on any atom is 0.321 e. The lowest BCUT2D eigenvalue weighted by atomic mass is 9.86. The quantitative estimate of drug-likeness (QED) is 0.792. The predicted octanol–water partition coefficient (Wildman–Crippen LogP) is 3.44. The summed E-state index contributed by atoms with van der Waals surface area (Å²) in [5.74, 6) is 0.171. The summed E-state index contributed by atoms with van der Waals surface area (Å²) in [6, 6.07) is 10.5. The lowest BCUT2D eigenvalue weighted by Crippen LogP contribution is -2.48. The second-order valence-corrected chi connectivity index (χ2v) is 6.99. The Labute approximate surface area is 158 Å². The Kier molecular flexibility index (Phi) is 6.06. The molecule has 0 aliphatic heterocycles. The van der Waals surface area contributed by atoms with E-state index in [0.717, 1.165) is 30.0 Å². The van der Waals surface area contributed by atoms with Crippen molar-refractivity contribution < 1.29 is 19.1 Å². The van der Waals surface area contributed by atoms with Gasteiger partial charge in [-0.1, -0.05) is 50.1 Å². The van der Waals surface area contributed by atoms with E-state index in [4.69, 9.17) is 4.74 Å². The van der Waals surface area contributed by atoms with Crippen LogP contribution in [-0.2, 0) is 4.79 Å². The van der Waals surface area contributed by atoms with Crippen molar-refractivity contribution in [3.63, 3.8) is 0 Å². The fourth-order valence-electron chi connectivity index (χ4n) is 3.56. The van der Waals surface area contributed by atoms with Crippen LogP contribution in [0.15, 0.2) is 36.4 Å². The lowest BCUT2D eigenvalue weighted by Gasteiger charge is -2.29. The van der Waals surface area contributed by atoms with Gasteiger partial charge in [0.1, 0.15) is 5.75 Å². The minimum absolute atomic E-state index is 0.0922. The van der Waals surface area contributed by atoms with E-state index in [2.05, 4.69) is 17.6 Å². The van der Waals surface area contributed by atoms with Crippen molar-refractivity contribution in [1.29, 1.82) is 0 Å². The maximum absolute atomic E-state index is 12.0. The summed E-state index contributed by atoms with van der Waals surface area (Å²) in [7, 11) is 0. The van der Waals surface area contributed by atoms with Gasteiger partial charge in [0.05, 0.1) is 5.56 Å². The molecule has 1 fully saturated rings. The Morgan fingerprint density at radius 2 is 1.93 bits per heavy atom.